The molecule has 0 unspecified atom stereocenters. The summed E-state index contributed by atoms with van der Waals surface area (Å²) in [6.07, 6.45) is 3.07. The Kier molecular flexibility index (Phi) is 4.61. The van der Waals surface area contributed by atoms with Crippen LogP contribution in [0.4, 0.5) is 11.6 Å². The van der Waals surface area contributed by atoms with E-state index in [4.69, 9.17) is 5.10 Å². The van der Waals surface area contributed by atoms with Crippen molar-refractivity contribution in [1.82, 2.24) is 20.1 Å². The molecule has 2 N–H and O–H groups in total. The second-order valence-electron chi connectivity index (χ2n) is 9.08. The summed E-state index contributed by atoms with van der Waals surface area (Å²) in [6, 6.07) is 22.5. The maximum absolute atomic E-state index is 5.14. The van der Waals surface area contributed by atoms with Gasteiger partial charge in [0.05, 0.1) is 11.2 Å². The normalized spacial score (nSPS) is 20.8. The lowest BCUT2D eigenvalue weighted by atomic mass is 10.1. The van der Waals surface area contributed by atoms with Crippen LogP contribution in [0.5, 0.6) is 0 Å². The van der Waals surface area contributed by atoms with Crippen LogP contribution in [0.25, 0.3) is 16.6 Å². The minimum absolute atomic E-state index is 0.166. The summed E-state index contributed by atoms with van der Waals surface area (Å²) >= 11 is 0. The van der Waals surface area contributed by atoms with E-state index in [1.54, 1.807) is 0 Å². The third-order valence-corrected chi connectivity index (χ3v) is 6.80. The van der Waals surface area contributed by atoms with E-state index < -0.39 is 0 Å². The van der Waals surface area contributed by atoms with E-state index in [2.05, 4.69) is 87.6 Å². The topological polar surface area (TPSA) is 58.0 Å². The lowest BCUT2D eigenvalue weighted by molar-refractivity contribution is 0.575. The molecule has 6 heteroatoms. The molecule has 0 radical (unpaired) electrons. The molecule has 0 aliphatic carbocycles. The van der Waals surface area contributed by atoms with Gasteiger partial charge < -0.3 is 15.5 Å². The number of rotatable bonds is 5. The number of nitrogens with one attached hydrogen (secondary N) is 2. The number of hydrogen-bond acceptors (Lipinski definition) is 5. The molecule has 0 amide bonds. The first-order valence-electron chi connectivity index (χ1n) is 11.4. The zero-order valence-corrected chi connectivity index (χ0v) is 18.5. The molecule has 2 fully saturated rings. The van der Waals surface area contributed by atoms with E-state index in [-0.39, 0.29) is 6.04 Å². The highest BCUT2D eigenvalue weighted by Crippen LogP contribution is 2.35. The molecule has 2 aliphatic rings. The highest BCUT2D eigenvalue weighted by atomic mass is 15.4. The van der Waals surface area contributed by atoms with Gasteiger partial charge in [0.2, 0.25) is 0 Å². The Morgan fingerprint density at radius 3 is 2.75 bits per heavy atom. The minimum atomic E-state index is 0.166. The number of nitrogens with zero attached hydrogens (tertiary/aromatic N) is 4. The Morgan fingerprint density at radius 2 is 1.97 bits per heavy atom. The van der Waals surface area contributed by atoms with Gasteiger partial charge in [-0.15, -0.1) is 5.10 Å². The SMILES string of the molecule is Cc1ccc2c(N3C[C@@H]4C[C@H]3CN4)nn(-c3ccnc(N[C@H](C)c4ccccc4)c3)c2c1. The van der Waals surface area contributed by atoms with Gasteiger partial charge in [-0.1, -0.05) is 36.4 Å². The molecule has 4 aromatic rings. The third-order valence-electron chi connectivity index (χ3n) is 6.80. The lowest BCUT2D eigenvalue weighted by Crippen LogP contribution is -2.43. The van der Waals surface area contributed by atoms with Crippen LogP contribution < -0.4 is 15.5 Å². The summed E-state index contributed by atoms with van der Waals surface area (Å²) in [4.78, 5) is 7.07. The monoisotopic (exact) mass is 424 g/mol. The Morgan fingerprint density at radius 1 is 1.09 bits per heavy atom. The fourth-order valence-corrected chi connectivity index (χ4v) is 5.11. The second-order valence-corrected chi connectivity index (χ2v) is 9.08. The molecule has 2 bridgehead atoms. The fraction of sp³-hybridized carbons (Fsp3) is 0.308. The Bertz CT molecular complexity index is 1260. The van der Waals surface area contributed by atoms with Crippen molar-refractivity contribution in [3.05, 3.63) is 78.0 Å². The van der Waals surface area contributed by atoms with Crippen molar-refractivity contribution in [1.29, 1.82) is 0 Å². The van der Waals surface area contributed by atoms with Crippen molar-refractivity contribution < 1.29 is 0 Å². The molecular formula is C26H28N6. The number of aryl methyl sites for hydroxylation is 1. The van der Waals surface area contributed by atoms with Gasteiger partial charge in [0, 0.05) is 48.9 Å². The molecule has 0 saturated carbocycles. The average Bonchev–Trinajstić information content (AvgIpc) is 3.54. The first kappa shape index (κ1) is 19.3. The fourth-order valence-electron chi connectivity index (χ4n) is 5.11. The van der Waals surface area contributed by atoms with Crippen molar-refractivity contribution in [3.8, 4) is 5.69 Å². The number of aromatic nitrogens is 3. The Hall–Kier alpha value is -3.38. The lowest BCUT2D eigenvalue weighted by Gasteiger charge is -2.27. The van der Waals surface area contributed by atoms with Crippen molar-refractivity contribution in [2.45, 2.75) is 38.4 Å². The van der Waals surface area contributed by atoms with Gasteiger partial charge in [0.1, 0.15) is 5.82 Å². The summed E-state index contributed by atoms with van der Waals surface area (Å²) in [5, 5.41) is 13.5. The molecular weight excluding hydrogens is 396 g/mol. The van der Waals surface area contributed by atoms with E-state index in [1.165, 1.54) is 22.9 Å². The molecule has 6 rings (SSSR count). The number of benzene rings is 2. The molecule has 162 valence electrons. The van der Waals surface area contributed by atoms with Crippen LogP contribution in [0.1, 0.15) is 30.5 Å². The predicted octanol–water partition coefficient (Wildman–Crippen LogP) is 4.45. The van der Waals surface area contributed by atoms with Crippen molar-refractivity contribution >= 4 is 22.5 Å². The Balaban J connectivity index is 1.38. The van der Waals surface area contributed by atoms with Crippen LogP contribution in [0.3, 0.4) is 0 Å². The molecule has 2 aromatic heterocycles. The summed E-state index contributed by atoms with van der Waals surface area (Å²) in [6.45, 7) is 6.37. The predicted molar refractivity (Wildman–Crippen MR) is 130 cm³/mol. The van der Waals surface area contributed by atoms with Crippen LogP contribution in [0.2, 0.25) is 0 Å². The first-order valence-corrected chi connectivity index (χ1v) is 11.4. The summed E-state index contributed by atoms with van der Waals surface area (Å²) in [5.74, 6) is 1.94. The molecule has 2 aliphatic heterocycles. The van der Waals surface area contributed by atoms with Gasteiger partial charge in [-0.25, -0.2) is 9.67 Å². The smallest absolute Gasteiger partial charge is 0.159 e. The molecule has 0 spiro atoms. The number of pyridine rings is 1. The maximum atomic E-state index is 5.14. The van der Waals surface area contributed by atoms with Gasteiger partial charge >= 0.3 is 0 Å². The molecule has 2 saturated heterocycles. The minimum Gasteiger partial charge on any atom is -0.363 e. The van der Waals surface area contributed by atoms with Gasteiger partial charge in [-0.2, -0.15) is 0 Å². The quantitative estimate of drug-likeness (QED) is 0.496. The summed E-state index contributed by atoms with van der Waals surface area (Å²) in [7, 11) is 0. The van der Waals surface area contributed by atoms with Crippen LogP contribution in [-0.4, -0.2) is 39.9 Å². The zero-order valence-electron chi connectivity index (χ0n) is 18.5. The summed E-state index contributed by atoms with van der Waals surface area (Å²) < 4.78 is 2.08. The maximum Gasteiger partial charge on any atom is 0.159 e. The second kappa shape index (κ2) is 7.64. The molecule has 2 aromatic carbocycles. The first-order chi connectivity index (χ1) is 15.7. The number of fused-ring (bicyclic) bond motifs is 3. The van der Waals surface area contributed by atoms with E-state index in [1.807, 2.05) is 18.3 Å². The largest absolute Gasteiger partial charge is 0.363 e. The molecule has 4 heterocycles. The van der Waals surface area contributed by atoms with Crippen LogP contribution >= 0.6 is 0 Å². The van der Waals surface area contributed by atoms with Crippen molar-refractivity contribution in [2.75, 3.05) is 23.3 Å². The standard InChI is InChI=1S/C26H28N6/c1-17-8-9-23-24(12-17)32(30-26(23)31-16-20-13-22(31)15-28-20)21-10-11-27-25(14-21)29-18(2)19-6-4-3-5-7-19/h3-12,14,18,20,22,28H,13,15-16H2,1-2H3,(H,27,29)/t18-,20+,22+/m1/s1. The van der Waals surface area contributed by atoms with E-state index in [9.17, 15) is 0 Å². The van der Waals surface area contributed by atoms with Crippen LogP contribution in [0.15, 0.2) is 66.9 Å². The molecule has 32 heavy (non-hydrogen) atoms. The number of hydrogen-bond donors (Lipinski definition) is 2. The van der Waals surface area contributed by atoms with Gasteiger partial charge in [0.15, 0.2) is 5.82 Å². The highest BCUT2D eigenvalue weighted by Gasteiger charge is 2.39. The number of anilines is 2. The van der Waals surface area contributed by atoms with E-state index in [0.29, 0.717) is 12.1 Å². The highest BCUT2D eigenvalue weighted by molar-refractivity contribution is 5.92. The van der Waals surface area contributed by atoms with Crippen LogP contribution in [0, 0.1) is 6.92 Å². The Labute approximate surface area is 188 Å². The van der Waals surface area contributed by atoms with Crippen molar-refractivity contribution in [3.63, 3.8) is 0 Å². The van der Waals surface area contributed by atoms with E-state index >= 15 is 0 Å². The molecule has 3 atom stereocenters. The molecule has 6 nitrogen and oxygen atoms in total. The van der Waals surface area contributed by atoms with Gasteiger partial charge in [-0.3, -0.25) is 0 Å². The van der Waals surface area contributed by atoms with Crippen molar-refractivity contribution in [2.24, 2.45) is 0 Å². The van der Waals surface area contributed by atoms with Gasteiger partial charge in [0.25, 0.3) is 0 Å². The third kappa shape index (κ3) is 3.31. The van der Waals surface area contributed by atoms with Crippen LogP contribution in [-0.2, 0) is 0 Å². The number of piperazine rings is 1. The average molecular weight is 425 g/mol. The van der Waals surface area contributed by atoms with E-state index in [0.717, 1.165) is 35.9 Å². The van der Waals surface area contributed by atoms with Gasteiger partial charge in [-0.05, 0) is 49.6 Å². The summed E-state index contributed by atoms with van der Waals surface area (Å²) in [5.41, 5.74) is 4.64. The zero-order chi connectivity index (χ0) is 21.7.